The monoisotopic (exact) mass is 256 g/mol. The average molecular weight is 256 g/mol. The summed E-state index contributed by atoms with van der Waals surface area (Å²) in [5, 5.41) is 2.84. The number of carbonyl (C=O) groups excluding carboxylic acids is 1. The maximum absolute atomic E-state index is 11.8. The largest absolute Gasteiger partial charge is 0.389 e. The second kappa shape index (κ2) is 6.80. The maximum Gasteiger partial charge on any atom is 0.389 e. The number of nitrogens with two attached hydrogens (primary N) is 1. The lowest BCUT2D eigenvalue weighted by molar-refractivity contribution is -0.139. The number of carbonyl (C=O) groups is 1. The van der Waals surface area contributed by atoms with Gasteiger partial charge in [0.05, 0.1) is 6.61 Å². The van der Waals surface area contributed by atoms with Gasteiger partial charge in [0, 0.05) is 13.0 Å². The Labute approximate surface area is 98.7 Å². The predicted molar refractivity (Wildman–Crippen MR) is 57.4 cm³/mol. The van der Waals surface area contributed by atoms with Crippen LogP contribution in [0.3, 0.4) is 0 Å². The number of halogens is 3. The molecule has 0 aliphatic heterocycles. The van der Waals surface area contributed by atoms with E-state index in [4.69, 9.17) is 10.5 Å². The van der Waals surface area contributed by atoms with Gasteiger partial charge in [-0.2, -0.15) is 13.2 Å². The van der Waals surface area contributed by atoms with Crippen LogP contribution in [0.4, 0.5) is 13.2 Å². The first-order chi connectivity index (χ1) is 7.71. The molecule has 102 valence electrons. The molecule has 0 bridgehead atoms. The Morgan fingerprint density at radius 1 is 1.41 bits per heavy atom. The molecule has 0 aliphatic rings. The van der Waals surface area contributed by atoms with Gasteiger partial charge in [-0.3, -0.25) is 4.79 Å². The van der Waals surface area contributed by atoms with Crippen LogP contribution in [0.5, 0.6) is 0 Å². The molecule has 4 nitrogen and oxygen atoms in total. The SMILES string of the molecule is CCNC(C)(COCCCC(F)(F)F)C(N)=O. The lowest BCUT2D eigenvalue weighted by atomic mass is 10.0. The summed E-state index contributed by atoms with van der Waals surface area (Å²) in [6, 6.07) is 0. The molecule has 0 fully saturated rings. The van der Waals surface area contributed by atoms with Gasteiger partial charge in [0.25, 0.3) is 0 Å². The molecular formula is C10H19F3N2O2. The van der Waals surface area contributed by atoms with E-state index in [9.17, 15) is 18.0 Å². The maximum atomic E-state index is 11.8. The number of nitrogens with one attached hydrogen (secondary N) is 1. The van der Waals surface area contributed by atoms with E-state index in [-0.39, 0.29) is 19.6 Å². The van der Waals surface area contributed by atoms with Crippen molar-refractivity contribution in [2.24, 2.45) is 5.73 Å². The van der Waals surface area contributed by atoms with Crippen molar-refractivity contribution >= 4 is 5.91 Å². The summed E-state index contributed by atoms with van der Waals surface area (Å²) in [6.07, 6.45) is -5.18. The van der Waals surface area contributed by atoms with E-state index >= 15 is 0 Å². The summed E-state index contributed by atoms with van der Waals surface area (Å²) in [5.41, 5.74) is 4.14. The van der Waals surface area contributed by atoms with Gasteiger partial charge in [-0.15, -0.1) is 0 Å². The van der Waals surface area contributed by atoms with Crippen LogP contribution in [-0.4, -0.2) is 37.4 Å². The molecule has 0 saturated carbocycles. The second-order valence-corrected chi connectivity index (χ2v) is 4.00. The summed E-state index contributed by atoms with van der Waals surface area (Å²) in [6.45, 7) is 3.79. The number of rotatable bonds is 8. The molecule has 1 amide bonds. The molecule has 0 aliphatic carbocycles. The van der Waals surface area contributed by atoms with Crippen LogP contribution in [0.1, 0.15) is 26.7 Å². The number of hydrogen-bond donors (Lipinski definition) is 2. The van der Waals surface area contributed by atoms with Crippen LogP contribution in [0.25, 0.3) is 0 Å². The Morgan fingerprint density at radius 3 is 2.41 bits per heavy atom. The van der Waals surface area contributed by atoms with Crippen molar-refractivity contribution in [1.29, 1.82) is 0 Å². The zero-order valence-corrected chi connectivity index (χ0v) is 10.1. The third-order valence-electron chi connectivity index (χ3n) is 2.25. The topological polar surface area (TPSA) is 64.3 Å². The highest BCUT2D eigenvalue weighted by Crippen LogP contribution is 2.21. The molecule has 1 atom stereocenters. The third-order valence-corrected chi connectivity index (χ3v) is 2.25. The molecule has 7 heteroatoms. The average Bonchev–Trinajstić information content (AvgIpc) is 2.15. The number of amides is 1. The summed E-state index contributed by atoms with van der Waals surface area (Å²) in [4.78, 5) is 11.1. The molecule has 0 aromatic heterocycles. The molecule has 3 N–H and O–H groups in total. The van der Waals surface area contributed by atoms with E-state index in [2.05, 4.69) is 5.32 Å². The van der Waals surface area contributed by atoms with Crippen molar-refractivity contribution < 1.29 is 22.7 Å². The summed E-state index contributed by atoms with van der Waals surface area (Å²) < 4.78 is 40.5. The highest BCUT2D eigenvalue weighted by atomic mass is 19.4. The number of primary amides is 1. The molecule has 0 aromatic carbocycles. The Balaban J connectivity index is 3.88. The highest BCUT2D eigenvalue weighted by Gasteiger charge is 2.30. The zero-order valence-electron chi connectivity index (χ0n) is 10.1. The van der Waals surface area contributed by atoms with Crippen molar-refractivity contribution in [3.8, 4) is 0 Å². The van der Waals surface area contributed by atoms with E-state index in [1.807, 2.05) is 0 Å². The summed E-state index contributed by atoms with van der Waals surface area (Å²) in [5.74, 6) is -0.588. The van der Waals surface area contributed by atoms with E-state index in [0.717, 1.165) is 0 Å². The minimum atomic E-state index is -4.17. The minimum absolute atomic E-state index is 0.0337. The van der Waals surface area contributed by atoms with Crippen molar-refractivity contribution in [3.05, 3.63) is 0 Å². The van der Waals surface area contributed by atoms with Crippen molar-refractivity contribution in [1.82, 2.24) is 5.32 Å². The zero-order chi connectivity index (χ0) is 13.5. The Morgan fingerprint density at radius 2 is 2.00 bits per heavy atom. The summed E-state index contributed by atoms with van der Waals surface area (Å²) >= 11 is 0. The minimum Gasteiger partial charge on any atom is -0.379 e. The van der Waals surface area contributed by atoms with Crippen LogP contribution in [0, 0.1) is 0 Å². The first-order valence-corrected chi connectivity index (χ1v) is 5.40. The normalized spacial score (nSPS) is 15.6. The molecule has 0 rings (SSSR count). The van der Waals surface area contributed by atoms with Crippen LogP contribution in [0.15, 0.2) is 0 Å². The van der Waals surface area contributed by atoms with Gasteiger partial charge >= 0.3 is 6.18 Å². The first kappa shape index (κ1) is 16.2. The lowest BCUT2D eigenvalue weighted by Gasteiger charge is -2.26. The van der Waals surface area contributed by atoms with Crippen LogP contribution in [-0.2, 0) is 9.53 Å². The highest BCUT2D eigenvalue weighted by molar-refractivity contribution is 5.84. The second-order valence-electron chi connectivity index (χ2n) is 4.00. The number of hydrogen-bond acceptors (Lipinski definition) is 3. The molecule has 0 spiro atoms. The standard InChI is InChI=1S/C10H19F3N2O2/c1-3-15-9(2,8(14)16)7-17-6-4-5-10(11,12)13/h15H,3-7H2,1-2H3,(H2,14,16). The molecule has 0 saturated heterocycles. The third kappa shape index (κ3) is 7.17. The fraction of sp³-hybridized carbons (Fsp3) is 0.900. The molecule has 0 aromatic rings. The van der Waals surface area contributed by atoms with Crippen LogP contribution < -0.4 is 11.1 Å². The molecule has 0 heterocycles. The van der Waals surface area contributed by atoms with Crippen LogP contribution >= 0.6 is 0 Å². The van der Waals surface area contributed by atoms with Gasteiger partial charge in [0.2, 0.25) is 5.91 Å². The van der Waals surface area contributed by atoms with Gasteiger partial charge in [0.1, 0.15) is 5.54 Å². The Kier molecular flexibility index (Phi) is 6.48. The smallest absolute Gasteiger partial charge is 0.379 e. The lowest BCUT2D eigenvalue weighted by Crippen LogP contribution is -2.56. The molecule has 1 unspecified atom stereocenters. The van der Waals surface area contributed by atoms with Crippen molar-refractivity contribution in [2.75, 3.05) is 19.8 Å². The van der Waals surface area contributed by atoms with Gasteiger partial charge in [-0.1, -0.05) is 6.92 Å². The van der Waals surface area contributed by atoms with Gasteiger partial charge in [-0.25, -0.2) is 0 Å². The van der Waals surface area contributed by atoms with E-state index in [0.29, 0.717) is 6.54 Å². The van der Waals surface area contributed by atoms with E-state index in [1.54, 1.807) is 13.8 Å². The van der Waals surface area contributed by atoms with E-state index < -0.39 is 24.0 Å². The first-order valence-electron chi connectivity index (χ1n) is 5.40. The number of ether oxygens (including phenoxy) is 1. The fourth-order valence-corrected chi connectivity index (χ4v) is 1.25. The molecular weight excluding hydrogens is 237 g/mol. The van der Waals surface area contributed by atoms with Gasteiger partial charge < -0.3 is 15.8 Å². The Hall–Kier alpha value is -0.820. The number of alkyl halides is 3. The van der Waals surface area contributed by atoms with Crippen molar-refractivity contribution in [3.63, 3.8) is 0 Å². The predicted octanol–water partition coefficient (Wildman–Crippen LogP) is 1.20. The van der Waals surface area contributed by atoms with E-state index in [1.165, 1.54) is 0 Å². The van der Waals surface area contributed by atoms with Crippen LogP contribution in [0.2, 0.25) is 0 Å². The molecule has 17 heavy (non-hydrogen) atoms. The summed E-state index contributed by atoms with van der Waals surface area (Å²) in [7, 11) is 0. The van der Waals surface area contributed by atoms with Gasteiger partial charge in [-0.05, 0) is 19.9 Å². The quantitative estimate of drug-likeness (QED) is 0.641. The van der Waals surface area contributed by atoms with Gasteiger partial charge in [0.15, 0.2) is 0 Å². The number of likely N-dealkylation sites (N-methyl/N-ethyl adjacent to an activating group) is 1. The molecule has 0 radical (unpaired) electrons. The Bertz CT molecular complexity index is 246. The van der Waals surface area contributed by atoms with Crippen molar-refractivity contribution in [2.45, 2.75) is 38.4 Å². The fourth-order valence-electron chi connectivity index (χ4n) is 1.25.